The van der Waals surface area contributed by atoms with Gasteiger partial charge in [-0.25, -0.2) is 0 Å². The first kappa shape index (κ1) is 20.5. The Morgan fingerprint density at radius 3 is 2.48 bits per heavy atom. The van der Waals surface area contributed by atoms with Crippen molar-refractivity contribution in [3.63, 3.8) is 0 Å². The molecule has 0 aromatic heterocycles. The minimum Gasteiger partial charge on any atom is -0.493 e. The van der Waals surface area contributed by atoms with Gasteiger partial charge in [0, 0.05) is 17.3 Å². The Hall–Kier alpha value is -2.77. The molecule has 0 aliphatic heterocycles. The van der Waals surface area contributed by atoms with Gasteiger partial charge in [0.2, 0.25) is 0 Å². The van der Waals surface area contributed by atoms with Crippen molar-refractivity contribution in [3.8, 4) is 11.5 Å². The van der Waals surface area contributed by atoms with Crippen molar-refractivity contribution >= 4 is 29.1 Å². The lowest BCUT2D eigenvalue weighted by molar-refractivity contribution is -0.136. The van der Waals surface area contributed by atoms with Gasteiger partial charge in [0.15, 0.2) is 11.5 Å². The molecule has 0 bridgehead atoms. The zero-order valence-electron chi connectivity index (χ0n) is 15.2. The number of carbonyl (C=O) groups excluding carboxylic acids is 2. The van der Waals surface area contributed by atoms with Crippen LogP contribution < -0.4 is 20.1 Å². The molecule has 7 nitrogen and oxygen atoms in total. The maximum absolute atomic E-state index is 12.0. The second-order valence-electron chi connectivity index (χ2n) is 5.71. The molecule has 0 aliphatic rings. The van der Waals surface area contributed by atoms with E-state index in [4.69, 9.17) is 21.1 Å². The maximum atomic E-state index is 12.0. The molecule has 0 heterocycles. The Morgan fingerprint density at radius 1 is 1.11 bits per heavy atom. The molecule has 2 aromatic carbocycles. The average Bonchev–Trinajstić information content (AvgIpc) is 2.68. The van der Waals surface area contributed by atoms with E-state index in [1.165, 1.54) is 14.2 Å². The van der Waals surface area contributed by atoms with E-state index in [0.717, 1.165) is 0 Å². The second kappa shape index (κ2) is 9.25. The van der Waals surface area contributed by atoms with Crippen LogP contribution in [0.25, 0.3) is 0 Å². The predicted molar refractivity (Wildman–Crippen MR) is 102 cm³/mol. The van der Waals surface area contributed by atoms with Crippen LogP contribution in [0.4, 0.5) is 5.69 Å². The molecule has 27 heavy (non-hydrogen) atoms. The van der Waals surface area contributed by atoms with Gasteiger partial charge in [-0.05, 0) is 42.3 Å². The fourth-order valence-corrected chi connectivity index (χ4v) is 2.54. The second-order valence-corrected chi connectivity index (χ2v) is 6.11. The van der Waals surface area contributed by atoms with Crippen molar-refractivity contribution in [1.29, 1.82) is 0 Å². The fraction of sp³-hybridized carbons (Fsp3) is 0.263. The highest BCUT2D eigenvalue weighted by atomic mass is 35.5. The van der Waals surface area contributed by atoms with Gasteiger partial charge in [0.05, 0.1) is 20.3 Å². The van der Waals surface area contributed by atoms with Crippen LogP contribution >= 0.6 is 11.6 Å². The number of aliphatic hydroxyl groups is 1. The third-order valence-electron chi connectivity index (χ3n) is 3.97. The zero-order chi connectivity index (χ0) is 20.0. The SMILES string of the molecule is COc1ccc(C(O)CNC(=O)C(=O)Nc2cccc(Cl)c2C)cc1OC. The molecule has 2 aromatic rings. The third kappa shape index (κ3) is 5.12. The summed E-state index contributed by atoms with van der Waals surface area (Å²) >= 11 is 5.99. The summed E-state index contributed by atoms with van der Waals surface area (Å²) in [6, 6.07) is 9.90. The lowest BCUT2D eigenvalue weighted by atomic mass is 10.1. The summed E-state index contributed by atoms with van der Waals surface area (Å²) in [5.74, 6) is -0.739. The minimum atomic E-state index is -1.02. The van der Waals surface area contributed by atoms with Gasteiger partial charge in [-0.2, -0.15) is 0 Å². The van der Waals surface area contributed by atoms with Crippen LogP contribution in [0.15, 0.2) is 36.4 Å². The Bertz CT molecular complexity index is 841. The Labute approximate surface area is 162 Å². The highest BCUT2D eigenvalue weighted by Gasteiger charge is 2.18. The summed E-state index contributed by atoms with van der Waals surface area (Å²) in [5.41, 5.74) is 1.62. The molecule has 0 saturated carbocycles. The highest BCUT2D eigenvalue weighted by Crippen LogP contribution is 2.29. The maximum Gasteiger partial charge on any atom is 0.313 e. The quantitative estimate of drug-likeness (QED) is 0.656. The lowest BCUT2D eigenvalue weighted by Gasteiger charge is -2.15. The molecule has 0 spiro atoms. The predicted octanol–water partition coefficient (Wildman–Crippen LogP) is 2.45. The van der Waals surface area contributed by atoms with Crippen LogP contribution in [0.1, 0.15) is 17.2 Å². The van der Waals surface area contributed by atoms with Crippen molar-refractivity contribution in [2.24, 2.45) is 0 Å². The van der Waals surface area contributed by atoms with Gasteiger partial charge in [-0.15, -0.1) is 0 Å². The van der Waals surface area contributed by atoms with Crippen molar-refractivity contribution in [1.82, 2.24) is 5.32 Å². The van der Waals surface area contributed by atoms with E-state index < -0.39 is 17.9 Å². The monoisotopic (exact) mass is 392 g/mol. The van der Waals surface area contributed by atoms with E-state index >= 15 is 0 Å². The molecule has 0 saturated heterocycles. The van der Waals surface area contributed by atoms with E-state index in [0.29, 0.717) is 33.3 Å². The molecule has 0 fully saturated rings. The highest BCUT2D eigenvalue weighted by molar-refractivity contribution is 6.40. The standard InChI is InChI=1S/C19H21ClN2O5/c1-11-13(20)5-4-6-14(11)22-19(25)18(24)21-10-15(23)12-7-8-16(26-2)17(9-12)27-3/h4-9,15,23H,10H2,1-3H3,(H,21,24)(H,22,25). The largest absolute Gasteiger partial charge is 0.493 e. The number of amides is 2. The summed E-state index contributed by atoms with van der Waals surface area (Å²) in [6.07, 6.45) is -1.02. The molecule has 8 heteroatoms. The molecule has 2 amide bonds. The summed E-state index contributed by atoms with van der Waals surface area (Å²) < 4.78 is 10.3. The molecule has 1 unspecified atom stereocenters. The van der Waals surface area contributed by atoms with Crippen LogP contribution in [0.2, 0.25) is 5.02 Å². The van der Waals surface area contributed by atoms with Crippen LogP contribution in [-0.4, -0.2) is 37.7 Å². The van der Waals surface area contributed by atoms with Crippen LogP contribution in [0, 0.1) is 6.92 Å². The number of anilines is 1. The molecule has 2 rings (SSSR count). The number of nitrogens with one attached hydrogen (secondary N) is 2. The van der Waals surface area contributed by atoms with E-state index in [-0.39, 0.29) is 6.54 Å². The van der Waals surface area contributed by atoms with Crippen molar-refractivity contribution in [2.75, 3.05) is 26.1 Å². The summed E-state index contributed by atoms with van der Waals surface area (Å²) in [5, 5.41) is 15.6. The first-order valence-corrected chi connectivity index (χ1v) is 8.49. The molecular weight excluding hydrogens is 372 g/mol. The van der Waals surface area contributed by atoms with Gasteiger partial charge in [0.1, 0.15) is 0 Å². The van der Waals surface area contributed by atoms with Crippen LogP contribution in [-0.2, 0) is 9.59 Å². The summed E-state index contributed by atoms with van der Waals surface area (Å²) in [7, 11) is 2.99. The van der Waals surface area contributed by atoms with E-state index in [1.807, 2.05) is 0 Å². The topological polar surface area (TPSA) is 96.9 Å². The van der Waals surface area contributed by atoms with Gasteiger partial charge < -0.3 is 25.2 Å². The van der Waals surface area contributed by atoms with E-state index in [1.54, 1.807) is 43.3 Å². The molecule has 144 valence electrons. The fourth-order valence-electron chi connectivity index (χ4n) is 2.37. The van der Waals surface area contributed by atoms with Gasteiger partial charge >= 0.3 is 11.8 Å². The Morgan fingerprint density at radius 2 is 1.81 bits per heavy atom. The number of benzene rings is 2. The lowest BCUT2D eigenvalue weighted by Crippen LogP contribution is -2.37. The van der Waals surface area contributed by atoms with Gasteiger partial charge in [-0.1, -0.05) is 23.7 Å². The minimum absolute atomic E-state index is 0.143. The number of hydrogen-bond acceptors (Lipinski definition) is 5. The normalized spacial score (nSPS) is 11.4. The van der Waals surface area contributed by atoms with E-state index in [2.05, 4.69) is 10.6 Å². The third-order valence-corrected chi connectivity index (χ3v) is 4.38. The van der Waals surface area contributed by atoms with Crippen LogP contribution in [0.5, 0.6) is 11.5 Å². The molecule has 0 radical (unpaired) electrons. The first-order chi connectivity index (χ1) is 12.9. The van der Waals surface area contributed by atoms with Crippen LogP contribution in [0.3, 0.4) is 0 Å². The van der Waals surface area contributed by atoms with Gasteiger partial charge in [0.25, 0.3) is 0 Å². The van der Waals surface area contributed by atoms with Crippen molar-refractivity contribution < 1.29 is 24.2 Å². The number of rotatable bonds is 6. The molecular formula is C19H21ClN2O5. The van der Waals surface area contributed by atoms with Crippen molar-refractivity contribution in [2.45, 2.75) is 13.0 Å². The summed E-state index contributed by atoms with van der Waals surface area (Å²) in [4.78, 5) is 24.0. The number of aliphatic hydroxyl groups excluding tert-OH is 1. The number of methoxy groups -OCH3 is 2. The Balaban J connectivity index is 1.96. The average molecular weight is 393 g/mol. The molecule has 3 N–H and O–H groups in total. The first-order valence-electron chi connectivity index (χ1n) is 8.11. The van der Waals surface area contributed by atoms with E-state index in [9.17, 15) is 14.7 Å². The van der Waals surface area contributed by atoms with Crippen molar-refractivity contribution in [3.05, 3.63) is 52.5 Å². The molecule has 1 atom stereocenters. The number of carbonyl (C=O) groups is 2. The number of halogens is 1. The Kier molecular flexibility index (Phi) is 7.04. The molecule has 0 aliphatic carbocycles. The number of ether oxygens (including phenoxy) is 2. The summed E-state index contributed by atoms with van der Waals surface area (Å²) in [6.45, 7) is 1.59. The zero-order valence-corrected chi connectivity index (χ0v) is 16.0. The number of hydrogen-bond donors (Lipinski definition) is 3. The smallest absolute Gasteiger partial charge is 0.313 e. The van der Waals surface area contributed by atoms with Gasteiger partial charge in [-0.3, -0.25) is 9.59 Å².